The van der Waals surface area contributed by atoms with Crippen molar-refractivity contribution in [2.45, 2.75) is 44.2 Å². The molecule has 0 saturated carbocycles. The monoisotopic (exact) mass is 213 g/mol. The first-order valence-electron chi connectivity index (χ1n) is 6.22. The third kappa shape index (κ3) is 3.44. The fourth-order valence-corrected chi connectivity index (χ4v) is 2.78. The minimum Gasteiger partial charge on any atom is -0.383 e. The first-order valence-corrected chi connectivity index (χ1v) is 6.22. The molecule has 0 spiro atoms. The lowest BCUT2D eigenvalue weighted by molar-refractivity contribution is 0.00262. The Morgan fingerprint density at radius 2 is 2.33 bits per heavy atom. The van der Waals surface area contributed by atoms with Crippen LogP contribution in [0.25, 0.3) is 0 Å². The van der Waals surface area contributed by atoms with Crippen LogP contribution in [-0.2, 0) is 9.47 Å². The maximum Gasteiger partial charge on any atom is 0.0615 e. The molecular formula is C12H23NO2. The summed E-state index contributed by atoms with van der Waals surface area (Å²) in [6, 6.07) is 0.573. The molecule has 3 unspecified atom stereocenters. The van der Waals surface area contributed by atoms with Crippen LogP contribution in [0.2, 0.25) is 0 Å². The molecule has 2 heterocycles. The minimum atomic E-state index is 0.534. The number of methoxy groups -OCH3 is 1. The number of hydrogen-bond donors (Lipinski definition) is 1. The lowest BCUT2D eigenvalue weighted by atomic mass is 9.95. The summed E-state index contributed by atoms with van der Waals surface area (Å²) < 4.78 is 10.9. The van der Waals surface area contributed by atoms with E-state index in [0.29, 0.717) is 12.1 Å². The lowest BCUT2D eigenvalue weighted by Crippen LogP contribution is -2.26. The van der Waals surface area contributed by atoms with Crippen LogP contribution in [-0.4, -0.2) is 39.0 Å². The largest absolute Gasteiger partial charge is 0.383 e. The second-order valence-corrected chi connectivity index (χ2v) is 4.89. The van der Waals surface area contributed by atoms with Crippen LogP contribution in [0.15, 0.2) is 0 Å². The summed E-state index contributed by atoms with van der Waals surface area (Å²) >= 11 is 0. The van der Waals surface area contributed by atoms with E-state index >= 15 is 0 Å². The van der Waals surface area contributed by atoms with Gasteiger partial charge in [0.05, 0.1) is 12.7 Å². The highest BCUT2D eigenvalue weighted by molar-refractivity contribution is 4.83. The van der Waals surface area contributed by atoms with Gasteiger partial charge in [-0.3, -0.25) is 0 Å². The highest BCUT2D eigenvalue weighted by Crippen LogP contribution is 2.25. The lowest BCUT2D eigenvalue weighted by Gasteiger charge is -2.24. The van der Waals surface area contributed by atoms with Crippen molar-refractivity contribution in [1.29, 1.82) is 0 Å². The quantitative estimate of drug-likeness (QED) is 0.769. The zero-order chi connectivity index (χ0) is 10.5. The standard InChI is InChI=1S/C12H23NO2/c1-14-9-11-6-10(8-13-11)7-12-4-2-3-5-15-12/h10-13H,2-9H2,1H3. The van der Waals surface area contributed by atoms with Crippen molar-refractivity contribution >= 4 is 0 Å². The number of rotatable bonds is 4. The maximum absolute atomic E-state index is 5.78. The molecule has 2 aliphatic heterocycles. The van der Waals surface area contributed by atoms with E-state index in [1.54, 1.807) is 7.11 Å². The smallest absolute Gasteiger partial charge is 0.0615 e. The Morgan fingerprint density at radius 3 is 3.07 bits per heavy atom. The first kappa shape index (κ1) is 11.4. The Labute approximate surface area is 92.5 Å². The third-order valence-electron chi connectivity index (χ3n) is 3.55. The molecule has 15 heavy (non-hydrogen) atoms. The Hall–Kier alpha value is -0.120. The molecular weight excluding hydrogens is 190 g/mol. The van der Waals surface area contributed by atoms with Gasteiger partial charge in [0.1, 0.15) is 0 Å². The molecule has 0 aliphatic carbocycles. The molecule has 88 valence electrons. The fraction of sp³-hybridized carbons (Fsp3) is 1.00. The molecule has 2 aliphatic rings. The Bertz CT molecular complexity index is 180. The Balaban J connectivity index is 1.67. The third-order valence-corrected chi connectivity index (χ3v) is 3.55. The number of nitrogens with one attached hydrogen (secondary N) is 1. The van der Waals surface area contributed by atoms with Crippen LogP contribution < -0.4 is 5.32 Å². The summed E-state index contributed by atoms with van der Waals surface area (Å²) in [6.45, 7) is 2.97. The molecule has 2 saturated heterocycles. The van der Waals surface area contributed by atoms with Crippen molar-refractivity contribution in [3.05, 3.63) is 0 Å². The highest BCUT2D eigenvalue weighted by Gasteiger charge is 2.27. The topological polar surface area (TPSA) is 30.5 Å². The van der Waals surface area contributed by atoms with Crippen LogP contribution in [0.3, 0.4) is 0 Å². The summed E-state index contributed by atoms with van der Waals surface area (Å²) in [5, 5.41) is 3.52. The highest BCUT2D eigenvalue weighted by atomic mass is 16.5. The Kier molecular flexibility index (Phi) is 4.42. The van der Waals surface area contributed by atoms with E-state index in [2.05, 4.69) is 5.32 Å². The van der Waals surface area contributed by atoms with Crippen molar-refractivity contribution in [3.8, 4) is 0 Å². The molecule has 0 aromatic carbocycles. The normalized spacial score (nSPS) is 37.0. The van der Waals surface area contributed by atoms with Crippen molar-refractivity contribution in [1.82, 2.24) is 5.32 Å². The predicted octanol–water partition coefficient (Wildman–Crippen LogP) is 1.57. The van der Waals surface area contributed by atoms with Gasteiger partial charge in [-0.2, -0.15) is 0 Å². The van der Waals surface area contributed by atoms with Gasteiger partial charge in [-0.1, -0.05) is 0 Å². The van der Waals surface area contributed by atoms with Gasteiger partial charge in [-0.05, 0) is 44.6 Å². The zero-order valence-electron chi connectivity index (χ0n) is 9.71. The summed E-state index contributed by atoms with van der Waals surface area (Å²) in [5.41, 5.74) is 0. The number of ether oxygens (including phenoxy) is 2. The minimum absolute atomic E-state index is 0.534. The van der Waals surface area contributed by atoms with E-state index < -0.39 is 0 Å². The molecule has 3 heteroatoms. The summed E-state index contributed by atoms with van der Waals surface area (Å²) in [6.07, 6.45) is 6.91. The van der Waals surface area contributed by atoms with Gasteiger partial charge in [-0.25, -0.2) is 0 Å². The zero-order valence-corrected chi connectivity index (χ0v) is 9.71. The van der Waals surface area contributed by atoms with Crippen LogP contribution in [0, 0.1) is 5.92 Å². The molecule has 0 aromatic heterocycles. The molecule has 3 atom stereocenters. The molecule has 0 amide bonds. The van der Waals surface area contributed by atoms with E-state index in [1.807, 2.05) is 0 Å². The van der Waals surface area contributed by atoms with Gasteiger partial charge in [-0.15, -0.1) is 0 Å². The molecule has 2 rings (SSSR count). The second kappa shape index (κ2) is 5.83. The van der Waals surface area contributed by atoms with Crippen LogP contribution >= 0.6 is 0 Å². The molecule has 0 radical (unpaired) electrons. The SMILES string of the molecule is COCC1CC(CC2CCCCO2)CN1. The molecule has 0 aromatic rings. The van der Waals surface area contributed by atoms with E-state index in [1.165, 1.54) is 32.1 Å². The summed E-state index contributed by atoms with van der Waals surface area (Å²) in [4.78, 5) is 0. The predicted molar refractivity (Wildman–Crippen MR) is 60.0 cm³/mol. The number of hydrogen-bond acceptors (Lipinski definition) is 3. The van der Waals surface area contributed by atoms with Crippen LogP contribution in [0.5, 0.6) is 0 Å². The fourth-order valence-electron chi connectivity index (χ4n) is 2.78. The van der Waals surface area contributed by atoms with Gasteiger partial charge in [0, 0.05) is 19.8 Å². The average molecular weight is 213 g/mol. The van der Waals surface area contributed by atoms with Crippen LogP contribution in [0.1, 0.15) is 32.1 Å². The van der Waals surface area contributed by atoms with E-state index in [-0.39, 0.29) is 0 Å². The molecule has 0 bridgehead atoms. The van der Waals surface area contributed by atoms with E-state index in [9.17, 15) is 0 Å². The average Bonchev–Trinajstić information content (AvgIpc) is 2.68. The van der Waals surface area contributed by atoms with Crippen molar-refractivity contribution < 1.29 is 9.47 Å². The van der Waals surface area contributed by atoms with E-state index in [4.69, 9.17) is 9.47 Å². The molecule has 2 fully saturated rings. The van der Waals surface area contributed by atoms with Gasteiger partial charge in [0.25, 0.3) is 0 Å². The van der Waals surface area contributed by atoms with Gasteiger partial charge >= 0.3 is 0 Å². The maximum atomic E-state index is 5.78. The van der Waals surface area contributed by atoms with E-state index in [0.717, 1.165) is 25.7 Å². The first-order chi connectivity index (χ1) is 7.38. The van der Waals surface area contributed by atoms with Gasteiger partial charge in [0.15, 0.2) is 0 Å². The van der Waals surface area contributed by atoms with Crippen molar-refractivity contribution in [2.75, 3.05) is 26.9 Å². The second-order valence-electron chi connectivity index (χ2n) is 4.89. The van der Waals surface area contributed by atoms with Gasteiger partial charge < -0.3 is 14.8 Å². The summed E-state index contributed by atoms with van der Waals surface area (Å²) in [5.74, 6) is 0.799. The molecule has 1 N–H and O–H groups in total. The Morgan fingerprint density at radius 1 is 1.40 bits per heavy atom. The molecule has 3 nitrogen and oxygen atoms in total. The van der Waals surface area contributed by atoms with Crippen molar-refractivity contribution in [2.24, 2.45) is 5.92 Å². The van der Waals surface area contributed by atoms with Crippen LogP contribution in [0.4, 0.5) is 0 Å². The van der Waals surface area contributed by atoms with Crippen molar-refractivity contribution in [3.63, 3.8) is 0 Å². The summed E-state index contributed by atoms with van der Waals surface area (Å²) in [7, 11) is 1.78. The van der Waals surface area contributed by atoms with Gasteiger partial charge in [0.2, 0.25) is 0 Å².